The van der Waals surface area contributed by atoms with Crippen LogP contribution in [-0.4, -0.2) is 30.4 Å². The number of anilines is 1. The number of carbonyl (C=O) groups is 2. The first-order chi connectivity index (χ1) is 11.4. The fraction of sp³-hybridized carbons (Fsp3) is 0.176. The summed E-state index contributed by atoms with van der Waals surface area (Å²) < 4.78 is 5.34. The Labute approximate surface area is 149 Å². The maximum atomic E-state index is 12.6. The number of carbonyl (C=O) groups excluding carboxylic acids is 2. The molecule has 0 bridgehead atoms. The van der Waals surface area contributed by atoms with Crippen molar-refractivity contribution in [3.05, 3.63) is 57.6 Å². The number of hydrogen-bond acceptors (Lipinski definition) is 3. The zero-order valence-electron chi connectivity index (χ0n) is 12.8. The molecular formula is C17H14Cl2N2O3. The molecule has 0 atom stereocenters. The first-order valence-corrected chi connectivity index (χ1v) is 7.96. The second kappa shape index (κ2) is 6.71. The number of halogens is 2. The van der Waals surface area contributed by atoms with Crippen molar-refractivity contribution in [2.24, 2.45) is 0 Å². The predicted octanol–water partition coefficient (Wildman–Crippen LogP) is 3.60. The molecule has 2 amide bonds. The number of nitrogens with zero attached hydrogens (tertiary/aromatic N) is 1. The van der Waals surface area contributed by atoms with E-state index in [4.69, 9.17) is 27.9 Å². The minimum absolute atomic E-state index is 0.0547. The van der Waals surface area contributed by atoms with Gasteiger partial charge in [0.1, 0.15) is 5.75 Å². The lowest BCUT2D eigenvalue weighted by Crippen LogP contribution is -2.28. The van der Waals surface area contributed by atoms with Gasteiger partial charge in [-0.15, -0.1) is 0 Å². The van der Waals surface area contributed by atoms with Crippen LogP contribution in [0.15, 0.2) is 36.4 Å². The predicted molar refractivity (Wildman–Crippen MR) is 92.8 cm³/mol. The highest BCUT2D eigenvalue weighted by Gasteiger charge is 2.19. The molecule has 5 nitrogen and oxygen atoms in total. The third kappa shape index (κ3) is 3.47. The van der Waals surface area contributed by atoms with Gasteiger partial charge in [0.15, 0.2) is 6.61 Å². The molecular weight excluding hydrogens is 351 g/mol. The van der Waals surface area contributed by atoms with Crippen molar-refractivity contribution in [3.8, 4) is 5.75 Å². The molecule has 0 saturated carbocycles. The largest absolute Gasteiger partial charge is 0.482 e. The second-order valence-electron chi connectivity index (χ2n) is 5.44. The molecule has 1 N–H and O–H groups in total. The Hall–Kier alpha value is -2.24. The van der Waals surface area contributed by atoms with Crippen LogP contribution in [0.4, 0.5) is 5.69 Å². The molecule has 3 rings (SSSR count). The minimum Gasteiger partial charge on any atom is -0.482 e. The standard InChI is InChI=1S/C17H14Cl2N2O3/c1-21(8-11-2-4-12(18)7-13(11)19)17(23)10-3-5-14-15(6-10)24-9-16(22)20-14/h2-7H,8-9H2,1H3,(H,20,22). The van der Waals surface area contributed by atoms with Gasteiger partial charge < -0.3 is 15.0 Å². The van der Waals surface area contributed by atoms with Crippen LogP contribution in [0.5, 0.6) is 5.75 Å². The van der Waals surface area contributed by atoms with Gasteiger partial charge in [0.05, 0.1) is 5.69 Å². The highest BCUT2D eigenvalue weighted by atomic mass is 35.5. The molecule has 0 fully saturated rings. The molecule has 7 heteroatoms. The Bertz CT molecular complexity index is 823. The fourth-order valence-corrected chi connectivity index (χ4v) is 2.87. The van der Waals surface area contributed by atoms with E-state index in [0.29, 0.717) is 33.6 Å². The summed E-state index contributed by atoms with van der Waals surface area (Å²) in [5, 5.41) is 3.75. The second-order valence-corrected chi connectivity index (χ2v) is 6.29. The molecule has 0 aliphatic carbocycles. The number of benzene rings is 2. The summed E-state index contributed by atoms with van der Waals surface area (Å²) in [4.78, 5) is 25.4. The van der Waals surface area contributed by atoms with Crippen LogP contribution in [-0.2, 0) is 11.3 Å². The van der Waals surface area contributed by atoms with Crippen LogP contribution < -0.4 is 10.1 Å². The van der Waals surface area contributed by atoms with Crippen LogP contribution in [0.1, 0.15) is 15.9 Å². The molecule has 0 aromatic heterocycles. The number of nitrogens with one attached hydrogen (secondary N) is 1. The van der Waals surface area contributed by atoms with Crippen LogP contribution in [0.25, 0.3) is 0 Å². The first-order valence-electron chi connectivity index (χ1n) is 7.20. The summed E-state index contributed by atoms with van der Waals surface area (Å²) in [6, 6.07) is 10.1. The molecule has 1 heterocycles. The lowest BCUT2D eigenvalue weighted by Gasteiger charge is -2.21. The van der Waals surface area contributed by atoms with Gasteiger partial charge in [0.2, 0.25) is 0 Å². The Kier molecular flexibility index (Phi) is 4.64. The molecule has 0 saturated heterocycles. The monoisotopic (exact) mass is 364 g/mol. The van der Waals surface area contributed by atoms with E-state index in [-0.39, 0.29) is 18.4 Å². The minimum atomic E-state index is -0.212. The highest BCUT2D eigenvalue weighted by molar-refractivity contribution is 6.35. The fourth-order valence-electron chi connectivity index (χ4n) is 2.41. The van der Waals surface area contributed by atoms with Gasteiger partial charge in [-0.25, -0.2) is 0 Å². The molecule has 2 aromatic rings. The van der Waals surface area contributed by atoms with Gasteiger partial charge in [-0.05, 0) is 35.9 Å². The van der Waals surface area contributed by atoms with Crippen molar-refractivity contribution in [2.45, 2.75) is 6.54 Å². The van der Waals surface area contributed by atoms with E-state index in [0.717, 1.165) is 5.56 Å². The summed E-state index contributed by atoms with van der Waals surface area (Å²) in [5.74, 6) is 0.0961. The van der Waals surface area contributed by atoms with Crippen LogP contribution in [0.2, 0.25) is 10.0 Å². The molecule has 0 radical (unpaired) electrons. The maximum Gasteiger partial charge on any atom is 0.262 e. The van der Waals surface area contributed by atoms with Gasteiger partial charge >= 0.3 is 0 Å². The third-order valence-electron chi connectivity index (χ3n) is 3.63. The Morgan fingerprint density at radius 3 is 2.79 bits per heavy atom. The van der Waals surface area contributed by atoms with Gasteiger partial charge in [-0.1, -0.05) is 29.3 Å². The van der Waals surface area contributed by atoms with Crippen molar-refractivity contribution in [1.82, 2.24) is 4.90 Å². The van der Waals surface area contributed by atoms with E-state index in [1.165, 1.54) is 0 Å². The van der Waals surface area contributed by atoms with Crippen molar-refractivity contribution < 1.29 is 14.3 Å². The molecule has 24 heavy (non-hydrogen) atoms. The summed E-state index contributed by atoms with van der Waals surface area (Å²) >= 11 is 12.0. The van der Waals surface area contributed by atoms with Crippen molar-refractivity contribution in [2.75, 3.05) is 19.0 Å². The molecule has 0 unspecified atom stereocenters. The summed E-state index contributed by atoms with van der Waals surface area (Å²) in [7, 11) is 1.69. The van der Waals surface area contributed by atoms with Crippen molar-refractivity contribution in [3.63, 3.8) is 0 Å². The number of amides is 2. The Morgan fingerprint density at radius 2 is 2.04 bits per heavy atom. The van der Waals surface area contributed by atoms with Crippen LogP contribution in [0.3, 0.4) is 0 Å². The highest BCUT2D eigenvalue weighted by Crippen LogP contribution is 2.29. The van der Waals surface area contributed by atoms with Crippen molar-refractivity contribution in [1.29, 1.82) is 0 Å². The van der Waals surface area contributed by atoms with Crippen LogP contribution >= 0.6 is 23.2 Å². The topological polar surface area (TPSA) is 58.6 Å². The maximum absolute atomic E-state index is 12.6. The lowest BCUT2D eigenvalue weighted by atomic mass is 10.1. The Balaban J connectivity index is 1.77. The van der Waals surface area contributed by atoms with Crippen LogP contribution in [0, 0.1) is 0 Å². The van der Waals surface area contributed by atoms with Gasteiger partial charge in [-0.3, -0.25) is 9.59 Å². The number of fused-ring (bicyclic) bond motifs is 1. The molecule has 1 aliphatic rings. The van der Waals surface area contributed by atoms with E-state index >= 15 is 0 Å². The third-order valence-corrected chi connectivity index (χ3v) is 4.22. The SMILES string of the molecule is CN(Cc1ccc(Cl)cc1Cl)C(=O)c1ccc2c(c1)OCC(=O)N2. The molecule has 124 valence electrons. The summed E-state index contributed by atoms with van der Waals surface area (Å²) in [6.45, 7) is 0.296. The Morgan fingerprint density at radius 1 is 1.25 bits per heavy atom. The quantitative estimate of drug-likeness (QED) is 0.904. The van der Waals surface area contributed by atoms with Crippen molar-refractivity contribution >= 4 is 40.7 Å². The van der Waals surface area contributed by atoms with E-state index in [1.807, 2.05) is 0 Å². The number of ether oxygens (including phenoxy) is 1. The lowest BCUT2D eigenvalue weighted by molar-refractivity contribution is -0.118. The molecule has 1 aliphatic heterocycles. The average molecular weight is 365 g/mol. The smallest absolute Gasteiger partial charge is 0.262 e. The number of rotatable bonds is 3. The van der Waals surface area contributed by atoms with Gasteiger partial charge in [0.25, 0.3) is 11.8 Å². The normalized spacial score (nSPS) is 12.9. The number of hydrogen-bond donors (Lipinski definition) is 1. The summed E-state index contributed by atoms with van der Waals surface area (Å²) in [6.07, 6.45) is 0. The van der Waals surface area contributed by atoms with E-state index in [1.54, 1.807) is 48.3 Å². The molecule has 2 aromatic carbocycles. The van der Waals surface area contributed by atoms with E-state index in [9.17, 15) is 9.59 Å². The molecule has 0 spiro atoms. The van der Waals surface area contributed by atoms with Gasteiger partial charge in [-0.2, -0.15) is 0 Å². The van der Waals surface area contributed by atoms with E-state index in [2.05, 4.69) is 5.32 Å². The zero-order chi connectivity index (χ0) is 17.3. The zero-order valence-corrected chi connectivity index (χ0v) is 14.3. The first kappa shape index (κ1) is 16.6. The van der Waals surface area contributed by atoms with E-state index < -0.39 is 0 Å². The summed E-state index contributed by atoms with van der Waals surface area (Å²) in [5.41, 5.74) is 1.84. The van der Waals surface area contributed by atoms with Gasteiger partial charge in [0, 0.05) is 29.2 Å². The average Bonchev–Trinajstić information content (AvgIpc) is 2.56.